The topological polar surface area (TPSA) is 62.6 Å². The lowest BCUT2D eigenvalue weighted by Gasteiger charge is -2.14. The molecule has 0 aliphatic heterocycles. The van der Waals surface area contributed by atoms with E-state index in [1.54, 1.807) is 42.6 Å². The fourth-order valence-electron chi connectivity index (χ4n) is 3.42. The van der Waals surface area contributed by atoms with E-state index in [4.69, 9.17) is 0 Å². The molecule has 2 heterocycles. The van der Waals surface area contributed by atoms with Gasteiger partial charge in [-0.05, 0) is 48.2 Å². The Morgan fingerprint density at radius 1 is 0.882 bits per heavy atom. The molecule has 0 radical (unpaired) electrons. The van der Waals surface area contributed by atoms with E-state index >= 15 is 0 Å². The van der Waals surface area contributed by atoms with Crippen LogP contribution in [0.3, 0.4) is 0 Å². The Balaban J connectivity index is 1.48. The highest BCUT2D eigenvalue weighted by atomic mass is 32.1. The zero-order valence-corrected chi connectivity index (χ0v) is 19.8. The van der Waals surface area contributed by atoms with E-state index in [2.05, 4.69) is 10.1 Å². The number of thiophene rings is 1. The van der Waals surface area contributed by atoms with Crippen molar-refractivity contribution in [1.82, 2.24) is 4.98 Å². The fourth-order valence-corrected chi connectivity index (χ4v) is 5.02. The maximum atomic E-state index is 13.5. The van der Waals surface area contributed by atoms with Gasteiger partial charge in [0.05, 0.1) is 16.4 Å². The summed E-state index contributed by atoms with van der Waals surface area (Å²) in [4.78, 5) is 31.8. The van der Waals surface area contributed by atoms with Crippen molar-refractivity contribution in [2.24, 2.45) is 5.10 Å². The molecular weight excluding hydrogens is 462 g/mol. The van der Waals surface area contributed by atoms with Crippen LogP contribution < -0.4 is 5.01 Å². The predicted octanol–water partition coefficient (Wildman–Crippen LogP) is 6.58. The molecule has 0 fully saturated rings. The Bertz CT molecular complexity index is 1490. The van der Waals surface area contributed by atoms with Crippen LogP contribution in [-0.4, -0.2) is 22.9 Å². The van der Waals surface area contributed by atoms with Crippen LogP contribution >= 0.6 is 22.7 Å². The molecule has 0 aliphatic rings. The molecule has 0 saturated carbocycles. The van der Waals surface area contributed by atoms with Crippen LogP contribution in [0.2, 0.25) is 0 Å². The number of ketones is 1. The summed E-state index contributed by atoms with van der Waals surface area (Å²) in [5.74, 6) is -0.406. The number of thiazole rings is 1. The number of carbonyl (C=O) groups excluding carboxylic acids is 2. The third kappa shape index (κ3) is 4.57. The number of fused-ring (bicyclic) bond motifs is 1. The molecule has 0 unspecified atom stereocenters. The Labute approximate surface area is 204 Å². The minimum atomic E-state index is -0.317. The average molecular weight is 482 g/mol. The van der Waals surface area contributed by atoms with Gasteiger partial charge in [0, 0.05) is 21.6 Å². The van der Waals surface area contributed by atoms with Crippen molar-refractivity contribution in [3.63, 3.8) is 0 Å². The number of anilines is 1. The molecule has 0 bridgehead atoms. The number of benzene rings is 3. The molecule has 0 saturated heterocycles. The number of carbonyl (C=O) groups is 2. The Kier molecular flexibility index (Phi) is 6.12. The van der Waals surface area contributed by atoms with Gasteiger partial charge in [-0.25, -0.2) is 4.98 Å². The van der Waals surface area contributed by atoms with Crippen LogP contribution in [0.25, 0.3) is 10.2 Å². The van der Waals surface area contributed by atoms with Crippen LogP contribution in [-0.2, 0) is 0 Å². The van der Waals surface area contributed by atoms with Crippen molar-refractivity contribution in [1.29, 1.82) is 0 Å². The SMILES string of the molecule is Cc1ccc2nc(N(/N=C/c3cccs3)C(=O)c3ccc(C(=O)c4ccccc4)cc3)sc2c1. The first-order valence-corrected chi connectivity index (χ1v) is 12.3. The molecule has 5 rings (SSSR count). The van der Waals surface area contributed by atoms with Gasteiger partial charge in [0.1, 0.15) is 0 Å². The van der Waals surface area contributed by atoms with Gasteiger partial charge >= 0.3 is 0 Å². The number of hydrazone groups is 1. The number of aromatic nitrogens is 1. The van der Waals surface area contributed by atoms with E-state index < -0.39 is 0 Å². The van der Waals surface area contributed by atoms with Crippen molar-refractivity contribution in [3.8, 4) is 0 Å². The summed E-state index contributed by atoms with van der Waals surface area (Å²) in [6, 6.07) is 25.6. The molecule has 0 aliphatic carbocycles. The predicted molar refractivity (Wildman–Crippen MR) is 139 cm³/mol. The lowest BCUT2D eigenvalue weighted by molar-refractivity contribution is 0.0985. The second kappa shape index (κ2) is 9.51. The Morgan fingerprint density at radius 3 is 2.35 bits per heavy atom. The van der Waals surface area contributed by atoms with Crippen molar-refractivity contribution in [3.05, 3.63) is 117 Å². The number of hydrogen-bond acceptors (Lipinski definition) is 6. The standard InChI is InChI=1S/C27H19N3O2S2/c1-18-9-14-23-24(16-18)34-27(29-23)30(28-17-22-8-5-15-33-22)26(32)21-12-10-20(11-13-21)25(31)19-6-3-2-4-7-19/h2-17H,1H3/b28-17+. The van der Waals surface area contributed by atoms with Crippen molar-refractivity contribution >= 4 is 55.9 Å². The largest absolute Gasteiger partial charge is 0.289 e. The molecule has 34 heavy (non-hydrogen) atoms. The van der Waals surface area contributed by atoms with E-state index in [-0.39, 0.29) is 11.7 Å². The maximum absolute atomic E-state index is 13.5. The van der Waals surface area contributed by atoms with Crippen molar-refractivity contribution in [2.75, 3.05) is 5.01 Å². The number of rotatable bonds is 6. The third-order valence-corrected chi connectivity index (χ3v) is 6.98. The molecule has 0 atom stereocenters. The van der Waals surface area contributed by atoms with Crippen LogP contribution in [0.4, 0.5) is 5.13 Å². The highest BCUT2D eigenvalue weighted by Crippen LogP contribution is 2.31. The van der Waals surface area contributed by atoms with Gasteiger partial charge < -0.3 is 0 Å². The second-order valence-corrected chi connectivity index (χ2v) is 9.61. The van der Waals surface area contributed by atoms with Crippen LogP contribution in [0.15, 0.2) is 95.4 Å². The summed E-state index contributed by atoms with van der Waals surface area (Å²) in [5, 5.41) is 8.26. The summed E-state index contributed by atoms with van der Waals surface area (Å²) in [6.07, 6.45) is 1.66. The summed E-state index contributed by atoms with van der Waals surface area (Å²) in [5.41, 5.74) is 3.49. The summed E-state index contributed by atoms with van der Waals surface area (Å²) in [7, 11) is 0. The van der Waals surface area contributed by atoms with E-state index in [1.165, 1.54) is 27.7 Å². The molecular formula is C27H19N3O2S2. The van der Waals surface area contributed by atoms with Gasteiger partial charge in [-0.2, -0.15) is 10.1 Å². The van der Waals surface area contributed by atoms with E-state index in [1.807, 2.05) is 60.8 Å². The van der Waals surface area contributed by atoms with Crippen molar-refractivity contribution < 1.29 is 9.59 Å². The van der Waals surface area contributed by atoms with Gasteiger partial charge in [0.15, 0.2) is 5.78 Å². The molecule has 3 aromatic carbocycles. The quantitative estimate of drug-likeness (QED) is 0.156. The Morgan fingerprint density at radius 2 is 1.62 bits per heavy atom. The zero-order chi connectivity index (χ0) is 23.5. The molecule has 166 valence electrons. The lowest BCUT2D eigenvalue weighted by atomic mass is 10.0. The normalized spacial score (nSPS) is 11.2. The van der Waals surface area contributed by atoms with Crippen molar-refractivity contribution in [2.45, 2.75) is 6.92 Å². The third-order valence-electron chi connectivity index (χ3n) is 5.18. The van der Waals surface area contributed by atoms with Gasteiger partial charge in [-0.15, -0.1) is 11.3 Å². The van der Waals surface area contributed by atoms with Gasteiger partial charge in [0.25, 0.3) is 5.91 Å². The first kappa shape index (κ1) is 21.9. The van der Waals surface area contributed by atoms with Crippen LogP contribution in [0, 0.1) is 6.92 Å². The minimum Gasteiger partial charge on any atom is -0.289 e. The van der Waals surface area contributed by atoms with Crippen LogP contribution in [0.1, 0.15) is 36.7 Å². The fraction of sp³-hybridized carbons (Fsp3) is 0.0370. The Hall–Kier alpha value is -3.94. The summed E-state index contributed by atoms with van der Waals surface area (Å²) in [6.45, 7) is 2.02. The van der Waals surface area contributed by atoms with Gasteiger partial charge in [-0.1, -0.05) is 65.9 Å². The summed E-state index contributed by atoms with van der Waals surface area (Å²) < 4.78 is 0.989. The summed E-state index contributed by atoms with van der Waals surface area (Å²) >= 11 is 2.95. The molecule has 0 spiro atoms. The molecule has 5 nitrogen and oxygen atoms in total. The molecule has 1 amide bonds. The number of nitrogens with zero attached hydrogens (tertiary/aromatic N) is 3. The highest BCUT2D eigenvalue weighted by Gasteiger charge is 2.21. The maximum Gasteiger partial charge on any atom is 0.280 e. The van der Waals surface area contributed by atoms with Gasteiger partial charge in [0.2, 0.25) is 5.13 Å². The average Bonchev–Trinajstić information content (AvgIpc) is 3.54. The highest BCUT2D eigenvalue weighted by molar-refractivity contribution is 7.22. The van der Waals surface area contributed by atoms with E-state index in [9.17, 15) is 9.59 Å². The molecule has 7 heteroatoms. The zero-order valence-electron chi connectivity index (χ0n) is 18.2. The van der Waals surface area contributed by atoms with Gasteiger partial charge in [-0.3, -0.25) is 9.59 Å². The van der Waals surface area contributed by atoms with Crippen LogP contribution in [0.5, 0.6) is 0 Å². The molecule has 5 aromatic rings. The smallest absolute Gasteiger partial charge is 0.280 e. The molecule has 2 aromatic heterocycles. The van der Waals surface area contributed by atoms with E-state index in [0.29, 0.717) is 21.8 Å². The molecule has 0 N–H and O–H groups in total. The first-order valence-electron chi connectivity index (χ1n) is 10.6. The number of aryl methyl sites for hydroxylation is 1. The number of amides is 1. The first-order chi connectivity index (χ1) is 16.6. The van der Waals surface area contributed by atoms with E-state index in [0.717, 1.165) is 20.7 Å². The lowest BCUT2D eigenvalue weighted by Crippen LogP contribution is -2.25. The minimum absolute atomic E-state index is 0.0892. The number of hydrogen-bond donors (Lipinski definition) is 0. The second-order valence-electron chi connectivity index (χ2n) is 7.62. The monoisotopic (exact) mass is 481 g/mol.